The quantitative estimate of drug-likeness (QED) is 0.706. The maximum Gasteiger partial charge on any atom is 0.0841 e. The van der Waals surface area contributed by atoms with Crippen molar-refractivity contribution in [1.82, 2.24) is 20.1 Å². The zero-order chi connectivity index (χ0) is 14.5. The summed E-state index contributed by atoms with van der Waals surface area (Å²) in [6, 6.07) is 12.5. The monoisotopic (exact) mass is 280 g/mol. The minimum absolute atomic E-state index is 0.804. The van der Waals surface area contributed by atoms with Gasteiger partial charge < -0.3 is 5.32 Å². The summed E-state index contributed by atoms with van der Waals surface area (Å²) >= 11 is 0. The lowest BCUT2D eigenvalue weighted by Gasteiger charge is -2.03. The molecule has 108 valence electrons. The molecule has 4 heteroatoms. The van der Waals surface area contributed by atoms with E-state index in [0.717, 1.165) is 31.7 Å². The Morgan fingerprint density at radius 1 is 1.10 bits per heavy atom. The second kappa shape index (κ2) is 6.50. The number of pyridine rings is 1. The van der Waals surface area contributed by atoms with Crippen molar-refractivity contribution in [2.24, 2.45) is 0 Å². The van der Waals surface area contributed by atoms with Gasteiger partial charge in [-0.15, -0.1) is 0 Å². The number of hydrogen-bond acceptors (Lipinski definition) is 3. The van der Waals surface area contributed by atoms with Gasteiger partial charge in [0.05, 0.1) is 11.2 Å². The number of fused-ring (bicyclic) bond motifs is 1. The van der Waals surface area contributed by atoms with Gasteiger partial charge in [0.2, 0.25) is 0 Å². The fourth-order valence-electron chi connectivity index (χ4n) is 2.56. The predicted octanol–water partition coefficient (Wildman–Crippen LogP) is 2.78. The number of nitrogens with one attached hydrogen (secondary N) is 1. The Labute approximate surface area is 124 Å². The third kappa shape index (κ3) is 3.11. The molecule has 0 fully saturated rings. The summed E-state index contributed by atoms with van der Waals surface area (Å²) in [6.45, 7) is 4.77. The summed E-state index contributed by atoms with van der Waals surface area (Å²) < 4.78 is 2.06. The van der Waals surface area contributed by atoms with Gasteiger partial charge in [0.15, 0.2) is 0 Å². The highest BCUT2D eigenvalue weighted by Gasteiger charge is 2.08. The highest BCUT2D eigenvalue weighted by molar-refractivity contribution is 5.81. The topological polar surface area (TPSA) is 42.7 Å². The van der Waals surface area contributed by atoms with Crippen molar-refractivity contribution >= 4 is 10.9 Å². The fraction of sp³-hybridized carbons (Fsp3) is 0.294. The van der Waals surface area contributed by atoms with E-state index in [-0.39, 0.29) is 0 Å². The van der Waals surface area contributed by atoms with Crippen LogP contribution >= 0.6 is 0 Å². The molecular weight excluding hydrogens is 260 g/mol. The lowest BCUT2D eigenvalue weighted by Crippen LogP contribution is -2.17. The van der Waals surface area contributed by atoms with Gasteiger partial charge in [-0.1, -0.05) is 18.2 Å². The predicted molar refractivity (Wildman–Crippen MR) is 85.1 cm³/mol. The van der Waals surface area contributed by atoms with Gasteiger partial charge in [-0.3, -0.25) is 9.67 Å². The summed E-state index contributed by atoms with van der Waals surface area (Å²) in [5.41, 5.74) is 3.65. The van der Waals surface area contributed by atoms with E-state index in [1.54, 1.807) is 0 Å². The number of hydrogen-bond donors (Lipinski definition) is 1. The first-order valence-electron chi connectivity index (χ1n) is 7.42. The van der Waals surface area contributed by atoms with Crippen molar-refractivity contribution in [1.29, 1.82) is 0 Å². The molecule has 0 saturated heterocycles. The first kappa shape index (κ1) is 13.8. The highest BCUT2D eigenvalue weighted by atomic mass is 15.3. The van der Waals surface area contributed by atoms with Crippen LogP contribution in [0.4, 0.5) is 0 Å². The van der Waals surface area contributed by atoms with Crippen LogP contribution in [0.25, 0.3) is 10.9 Å². The largest absolute Gasteiger partial charge is 0.311 e. The molecule has 0 radical (unpaired) electrons. The molecule has 1 aromatic carbocycles. The van der Waals surface area contributed by atoms with Crippen LogP contribution in [-0.4, -0.2) is 21.3 Å². The van der Waals surface area contributed by atoms with Gasteiger partial charge in [-0.05, 0) is 43.7 Å². The van der Waals surface area contributed by atoms with E-state index in [1.807, 2.05) is 12.4 Å². The second-order valence-corrected chi connectivity index (χ2v) is 5.06. The first-order chi connectivity index (χ1) is 10.4. The van der Waals surface area contributed by atoms with Gasteiger partial charge in [0, 0.05) is 30.9 Å². The van der Waals surface area contributed by atoms with Gasteiger partial charge in [0.25, 0.3) is 0 Å². The highest BCUT2D eigenvalue weighted by Crippen LogP contribution is 2.18. The molecule has 0 aliphatic rings. The normalized spacial score (nSPS) is 11.1. The van der Waals surface area contributed by atoms with Crippen LogP contribution in [0.3, 0.4) is 0 Å². The van der Waals surface area contributed by atoms with Crippen molar-refractivity contribution < 1.29 is 0 Å². The molecule has 0 spiro atoms. The Hall–Kier alpha value is -2.20. The molecule has 4 nitrogen and oxygen atoms in total. The van der Waals surface area contributed by atoms with Crippen LogP contribution in [-0.2, 0) is 19.5 Å². The summed E-state index contributed by atoms with van der Waals surface area (Å²) in [6.07, 6.45) is 4.69. The van der Waals surface area contributed by atoms with E-state index in [4.69, 9.17) is 5.10 Å². The van der Waals surface area contributed by atoms with Crippen LogP contribution < -0.4 is 5.32 Å². The Morgan fingerprint density at radius 3 is 2.71 bits per heavy atom. The summed E-state index contributed by atoms with van der Waals surface area (Å²) in [4.78, 5) is 4.03. The van der Waals surface area contributed by atoms with E-state index < -0.39 is 0 Å². The minimum atomic E-state index is 0.804. The Kier molecular flexibility index (Phi) is 4.26. The molecule has 3 aromatic rings. The van der Waals surface area contributed by atoms with Crippen molar-refractivity contribution in [3.8, 4) is 0 Å². The van der Waals surface area contributed by atoms with Crippen LogP contribution in [0.2, 0.25) is 0 Å². The average molecular weight is 280 g/mol. The van der Waals surface area contributed by atoms with Crippen molar-refractivity contribution in [3.05, 3.63) is 60.0 Å². The Bertz CT molecular complexity index is 703. The zero-order valence-corrected chi connectivity index (χ0v) is 12.3. The van der Waals surface area contributed by atoms with E-state index in [9.17, 15) is 0 Å². The van der Waals surface area contributed by atoms with E-state index in [0.29, 0.717) is 0 Å². The van der Waals surface area contributed by atoms with Crippen LogP contribution in [0.5, 0.6) is 0 Å². The van der Waals surface area contributed by atoms with Gasteiger partial charge in [-0.25, -0.2) is 0 Å². The molecule has 1 N–H and O–H groups in total. The Balaban J connectivity index is 1.63. The maximum atomic E-state index is 4.70. The third-order valence-electron chi connectivity index (χ3n) is 3.67. The molecule has 0 saturated carbocycles. The summed E-state index contributed by atoms with van der Waals surface area (Å²) in [5.74, 6) is 0. The average Bonchev–Trinajstić information content (AvgIpc) is 2.91. The molecule has 0 bridgehead atoms. The third-order valence-corrected chi connectivity index (χ3v) is 3.67. The molecule has 2 heterocycles. The summed E-state index contributed by atoms with van der Waals surface area (Å²) in [7, 11) is 0. The van der Waals surface area contributed by atoms with Gasteiger partial charge in [-0.2, -0.15) is 5.10 Å². The van der Waals surface area contributed by atoms with Crippen LogP contribution in [0, 0.1) is 0 Å². The number of para-hydroxylation sites is 1. The number of nitrogens with zero attached hydrogens (tertiary/aromatic N) is 3. The molecule has 0 amide bonds. The van der Waals surface area contributed by atoms with Gasteiger partial charge in [0.1, 0.15) is 0 Å². The van der Waals surface area contributed by atoms with E-state index in [1.165, 1.54) is 16.5 Å². The SMILES string of the molecule is CCn1nc(CNCCc2ccncc2)c2ccccc21. The molecule has 21 heavy (non-hydrogen) atoms. The van der Waals surface area contributed by atoms with Crippen molar-refractivity contribution in [2.45, 2.75) is 26.4 Å². The minimum Gasteiger partial charge on any atom is -0.311 e. The first-order valence-corrected chi connectivity index (χ1v) is 7.42. The Morgan fingerprint density at radius 2 is 1.90 bits per heavy atom. The molecule has 0 unspecified atom stereocenters. The summed E-state index contributed by atoms with van der Waals surface area (Å²) in [5, 5.41) is 9.43. The smallest absolute Gasteiger partial charge is 0.0841 e. The van der Waals surface area contributed by atoms with Crippen molar-refractivity contribution in [3.63, 3.8) is 0 Å². The number of aromatic nitrogens is 3. The molecule has 3 rings (SSSR count). The van der Waals surface area contributed by atoms with Crippen LogP contribution in [0.15, 0.2) is 48.8 Å². The van der Waals surface area contributed by atoms with E-state index >= 15 is 0 Å². The molecule has 0 aliphatic carbocycles. The zero-order valence-electron chi connectivity index (χ0n) is 12.3. The molecule has 0 atom stereocenters. The lowest BCUT2D eigenvalue weighted by molar-refractivity contribution is 0.631. The van der Waals surface area contributed by atoms with E-state index in [2.05, 4.69) is 58.3 Å². The number of benzene rings is 1. The second-order valence-electron chi connectivity index (χ2n) is 5.06. The maximum absolute atomic E-state index is 4.70. The molecule has 0 aliphatic heterocycles. The van der Waals surface area contributed by atoms with Gasteiger partial charge >= 0.3 is 0 Å². The van der Waals surface area contributed by atoms with Crippen LogP contribution in [0.1, 0.15) is 18.2 Å². The molecule has 2 aromatic heterocycles. The standard InChI is InChI=1S/C17H20N4/c1-2-21-17-6-4-3-5-15(17)16(20-21)13-19-12-9-14-7-10-18-11-8-14/h3-8,10-11,19H,2,9,12-13H2,1H3. The molecular formula is C17H20N4. The van der Waals surface area contributed by atoms with Crippen molar-refractivity contribution in [2.75, 3.05) is 6.54 Å². The number of rotatable bonds is 6. The lowest BCUT2D eigenvalue weighted by atomic mass is 10.2. The number of aryl methyl sites for hydroxylation is 1. The fourth-order valence-corrected chi connectivity index (χ4v) is 2.56.